The first-order valence-corrected chi connectivity index (χ1v) is 10.6. The molecule has 1 heterocycles. The Morgan fingerprint density at radius 1 is 1.25 bits per heavy atom. The van der Waals surface area contributed by atoms with Gasteiger partial charge in [-0.05, 0) is 83.5 Å². The van der Waals surface area contributed by atoms with Gasteiger partial charge in [0.05, 0.1) is 6.54 Å². The Bertz CT molecular complexity index is 609. The summed E-state index contributed by atoms with van der Waals surface area (Å²) in [6.07, 6.45) is 3.76. The Hall–Kier alpha value is -1.66. The van der Waals surface area contributed by atoms with E-state index in [2.05, 4.69) is 34.4 Å². The summed E-state index contributed by atoms with van der Waals surface area (Å²) in [7, 11) is 3.89. The molecule has 1 aliphatic heterocycles. The molecule has 0 bridgehead atoms. The van der Waals surface area contributed by atoms with Crippen LogP contribution in [0.5, 0.6) is 0 Å². The number of rotatable bonds is 9. The lowest BCUT2D eigenvalue weighted by atomic mass is 9.99. The average molecular weight is 392 g/mol. The molecule has 0 radical (unpaired) electrons. The van der Waals surface area contributed by atoms with Crippen molar-refractivity contribution in [1.82, 2.24) is 20.4 Å². The number of likely N-dealkylation sites (tertiary alicyclic amines) is 1. The van der Waals surface area contributed by atoms with Crippen molar-refractivity contribution in [3.8, 4) is 0 Å². The summed E-state index contributed by atoms with van der Waals surface area (Å²) in [6.45, 7) is 10.9. The van der Waals surface area contributed by atoms with Crippen molar-refractivity contribution in [2.24, 2.45) is 10.9 Å². The van der Waals surface area contributed by atoms with Crippen molar-refractivity contribution in [2.45, 2.75) is 46.2 Å². The number of aliphatic imine (C=N–C) groups is 1. The second kappa shape index (κ2) is 12.0. The minimum absolute atomic E-state index is 0.154. The lowest BCUT2D eigenvalue weighted by Crippen LogP contribution is -2.39. The zero-order valence-corrected chi connectivity index (χ0v) is 18.1. The molecule has 0 saturated carbocycles. The second-order valence-corrected chi connectivity index (χ2v) is 8.16. The third-order valence-electron chi connectivity index (χ3n) is 5.18. The fraction of sp³-hybridized carbons (Fsp3) is 0.682. The number of hydrogen-bond acceptors (Lipinski definition) is 3. The molecule has 6 heteroatoms. The van der Waals surface area contributed by atoms with Crippen LogP contribution in [0.15, 0.2) is 23.2 Å². The van der Waals surface area contributed by atoms with Crippen LogP contribution >= 0.6 is 0 Å². The number of benzene rings is 1. The quantitative estimate of drug-likeness (QED) is 0.386. The SMILES string of the molecule is CCNC(=NCc1ccc(F)c(CN(C)C)c1)NCCCN1CCC(C)CC1. The first-order chi connectivity index (χ1) is 13.5. The molecule has 0 aliphatic carbocycles. The lowest BCUT2D eigenvalue weighted by Gasteiger charge is -2.30. The van der Waals surface area contributed by atoms with Crippen molar-refractivity contribution in [1.29, 1.82) is 0 Å². The van der Waals surface area contributed by atoms with E-state index in [9.17, 15) is 4.39 Å². The molecule has 1 aromatic rings. The molecule has 0 unspecified atom stereocenters. The van der Waals surface area contributed by atoms with Crippen LogP contribution in [0.2, 0.25) is 0 Å². The number of nitrogens with zero attached hydrogens (tertiary/aromatic N) is 3. The van der Waals surface area contributed by atoms with Crippen LogP contribution in [-0.4, -0.2) is 62.6 Å². The Morgan fingerprint density at radius 2 is 2.00 bits per heavy atom. The van der Waals surface area contributed by atoms with Gasteiger partial charge < -0.3 is 20.4 Å². The fourth-order valence-corrected chi connectivity index (χ4v) is 3.50. The van der Waals surface area contributed by atoms with Gasteiger partial charge >= 0.3 is 0 Å². The van der Waals surface area contributed by atoms with Gasteiger partial charge in [-0.3, -0.25) is 0 Å². The summed E-state index contributed by atoms with van der Waals surface area (Å²) in [5.74, 6) is 1.55. The van der Waals surface area contributed by atoms with E-state index in [1.54, 1.807) is 6.07 Å². The summed E-state index contributed by atoms with van der Waals surface area (Å²) < 4.78 is 13.9. The molecule has 5 nitrogen and oxygen atoms in total. The van der Waals surface area contributed by atoms with Crippen LogP contribution in [-0.2, 0) is 13.1 Å². The molecule has 0 atom stereocenters. The van der Waals surface area contributed by atoms with Gasteiger partial charge in [0, 0.05) is 25.2 Å². The standard InChI is InChI=1S/C22H38FN5/c1-5-24-22(25-11-6-12-28-13-9-18(2)10-14-28)26-16-19-7-8-21(23)20(15-19)17-27(3)4/h7-8,15,18H,5-6,9-14,16-17H2,1-4H3,(H2,24,25,26). The van der Waals surface area contributed by atoms with E-state index >= 15 is 0 Å². The average Bonchev–Trinajstić information content (AvgIpc) is 2.66. The maximum atomic E-state index is 13.9. The van der Waals surface area contributed by atoms with Gasteiger partial charge in [0.1, 0.15) is 5.82 Å². The topological polar surface area (TPSA) is 42.9 Å². The fourth-order valence-electron chi connectivity index (χ4n) is 3.50. The lowest BCUT2D eigenvalue weighted by molar-refractivity contribution is 0.191. The number of guanidine groups is 1. The summed E-state index contributed by atoms with van der Waals surface area (Å²) >= 11 is 0. The highest BCUT2D eigenvalue weighted by Gasteiger charge is 2.14. The number of piperidine rings is 1. The maximum absolute atomic E-state index is 13.9. The zero-order valence-electron chi connectivity index (χ0n) is 18.1. The normalized spacial score (nSPS) is 16.6. The summed E-state index contributed by atoms with van der Waals surface area (Å²) in [5, 5.41) is 6.73. The monoisotopic (exact) mass is 391 g/mol. The Labute approximate surface area is 170 Å². The van der Waals surface area contributed by atoms with Crippen LogP contribution in [0.4, 0.5) is 4.39 Å². The van der Waals surface area contributed by atoms with Gasteiger partial charge in [-0.25, -0.2) is 9.38 Å². The van der Waals surface area contributed by atoms with Crippen molar-refractivity contribution in [2.75, 3.05) is 46.8 Å². The van der Waals surface area contributed by atoms with Gasteiger partial charge in [-0.15, -0.1) is 0 Å². The van der Waals surface area contributed by atoms with Crippen molar-refractivity contribution in [3.63, 3.8) is 0 Å². The second-order valence-electron chi connectivity index (χ2n) is 8.16. The predicted molar refractivity (Wildman–Crippen MR) is 116 cm³/mol. The van der Waals surface area contributed by atoms with E-state index in [-0.39, 0.29) is 5.82 Å². The Balaban J connectivity index is 1.81. The first kappa shape index (κ1) is 22.6. The van der Waals surface area contributed by atoms with E-state index in [1.807, 2.05) is 31.1 Å². The molecule has 158 valence electrons. The first-order valence-electron chi connectivity index (χ1n) is 10.6. The van der Waals surface area contributed by atoms with Crippen molar-refractivity contribution in [3.05, 3.63) is 35.1 Å². The van der Waals surface area contributed by atoms with Gasteiger partial charge in [-0.1, -0.05) is 13.0 Å². The van der Waals surface area contributed by atoms with Gasteiger partial charge in [0.15, 0.2) is 5.96 Å². The largest absolute Gasteiger partial charge is 0.357 e. The van der Waals surface area contributed by atoms with Crippen LogP contribution < -0.4 is 10.6 Å². The smallest absolute Gasteiger partial charge is 0.191 e. The molecule has 1 aliphatic rings. The maximum Gasteiger partial charge on any atom is 0.191 e. The van der Waals surface area contributed by atoms with Crippen LogP contribution in [0.25, 0.3) is 0 Å². The van der Waals surface area contributed by atoms with Crippen LogP contribution in [0, 0.1) is 11.7 Å². The van der Waals surface area contributed by atoms with E-state index in [0.29, 0.717) is 18.7 Å². The van der Waals surface area contributed by atoms with Gasteiger partial charge in [0.2, 0.25) is 0 Å². The highest BCUT2D eigenvalue weighted by atomic mass is 19.1. The van der Waals surface area contributed by atoms with Crippen LogP contribution in [0.1, 0.15) is 44.2 Å². The van der Waals surface area contributed by atoms with E-state index in [0.717, 1.165) is 43.5 Å². The molecule has 1 saturated heterocycles. The molecule has 0 spiro atoms. The van der Waals surface area contributed by atoms with Crippen LogP contribution in [0.3, 0.4) is 0 Å². The minimum atomic E-state index is -0.154. The summed E-state index contributed by atoms with van der Waals surface area (Å²) in [4.78, 5) is 9.21. The summed E-state index contributed by atoms with van der Waals surface area (Å²) in [6, 6.07) is 5.28. The molecule has 1 aromatic carbocycles. The molecule has 28 heavy (non-hydrogen) atoms. The molecule has 2 rings (SSSR count). The highest BCUT2D eigenvalue weighted by Crippen LogP contribution is 2.16. The molecule has 0 aromatic heterocycles. The number of nitrogens with one attached hydrogen (secondary N) is 2. The molecule has 0 amide bonds. The third kappa shape index (κ3) is 8.15. The molecule has 2 N–H and O–H groups in total. The molecular formula is C22H38FN5. The molecule has 1 fully saturated rings. The minimum Gasteiger partial charge on any atom is -0.357 e. The van der Waals surface area contributed by atoms with Gasteiger partial charge in [0.25, 0.3) is 0 Å². The van der Waals surface area contributed by atoms with E-state index in [4.69, 9.17) is 0 Å². The van der Waals surface area contributed by atoms with E-state index in [1.165, 1.54) is 25.9 Å². The number of halogens is 1. The predicted octanol–water partition coefficient (Wildman–Crippen LogP) is 3.06. The van der Waals surface area contributed by atoms with Crippen molar-refractivity contribution >= 4 is 5.96 Å². The Kier molecular flexibility index (Phi) is 9.71. The number of hydrogen-bond donors (Lipinski definition) is 2. The summed E-state index contributed by atoms with van der Waals surface area (Å²) in [5.41, 5.74) is 1.74. The Morgan fingerprint density at radius 3 is 2.68 bits per heavy atom. The van der Waals surface area contributed by atoms with Crippen molar-refractivity contribution < 1.29 is 4.39 Å². The highest BCUT2D eigenvalue weighted by molar-refractivity contribution is 5.79. The van der Waals surface area contributed by atoms with Gasteiger partial charge in [-0.2, -0.15) is 0 Å². The molecular weight excluding hydrogens is 353 g/mol. The van der Waals surface area contributed by atoms with E-state index < -0.39 is 0 Å². The third-order valence-corrected chi connectivity index (χ3v) is 5.18. The zero-order chi connectivity index (χ0) is 20.4.